The second-order valence-corrected chi connectivity index (χ2v) is 15.2. The van der Waals surface area contributed by atoms with E-state index >= 15 is 0 Å². The molecule has 52 heavy (non-hydrogen) atoms. The van der Waals surface area contributed by atoms with Crippen molar-refractivity contribution < 1.29 is 4.74 Å². The quantitative estimate of drug-likeness (QED) is 0.186. The number of aromatic nitrogens is 3. The first-order valence-corrected chi connectivity index (χ1v) is 18.6. The third-order valence-electron chi connectivity index (χ3n) is 11.1. The van der Waals surface area contributed by atoms with Crippen molar-refractivity contribution in [3.8, 4) is 51.0 Å². The maximum absolute atomic E-state index is 7.01. The Morgan fingerprint density at radius 3 is 1.94 bits per heavy atom. The molecule has 0 saturated heterocycles. The summed E-state index contributed by atoms with van der Waals surface area (Å²) in [6, 6.07) is 49.6. The summed E-state index contributed by atoms with van der Waals surface area (Å²) in [7, 11) is 0. The van der Waals surface area contributed by atoms with Crippen molar-refractivity contribution in [2.24, 2.45) is 0 Å². The molecule has 1 unspecified atom stereocenters. The summed E-state index contributed by atoms with van der Waals surface area (Å²) in [5.74, 6) is 2.81. The molecule has 0 saturated carbocycles. The Labute approximate surface area is 305 Å². The maximum Gasteiger partial charge on any atom is 0.164 e. The highest BCUT2D eigenvalue weighted by Crippen LogP contribution is 2.63. The molecule has 0 radical (unpaired) electrons. The molecular weight excluding hydrogens is 655 g/mol. The minimum absolute atomic E-state index is 0.500. The van der Waals surface area contributed by atoms with Crippen LogP contribution in [0.3, 0.4) is 0 Å². The van der Waals surface area contributed by atoms with Crippen molar-refractivity contribution in [1.82, 2.24) is 15.0 Å². The molecule has 8 aromatic rings. The zero-order valence-electron chi connectivity index (χ0n) is 28.4. The van der Waals surface area contributed by atoms with Gasteiger partial charge in [0.2, 0.25) is 0 Å². The topological polar surface area (TPSA) is 47.9 Å². The van der Waals surface area contributed by atoms with E-state index in [-0.39, 0.29) is 0 Å². The van der Waals surface area contributed by atoms with Crippen molar-refractivity contribution in [2.45, 2.75) is 24.4 Å². The van der Waals surface area contributed by atoms with Crippen LogP contribution < -0.4 is 4.74 Å². The highest BCUT2D eigenvalue weighted by Gasteiger charge is 2.57. The molecule has 1 spiro atoms. The first-order valence-electron chi connectivity index (χ1n) is 17.7. The molecule has 6 aromatic carbocycles. The summed E-state index contributed by atoms with van der Waals surface area (Å²) in [4.78, 5) is 15.5. The average Bonchev–Trinajstić information content (AvgIpc) is 3.71. The van der Waals surface area contributed by atoms with Gasteiger partial charge in [0.05, 0.1) is 5.41 Å². The van der Waals surface area contributed by atoms with Crippen LogP contribution in [0.2, 0.25) is 0 Å². The number of thiophene rings is 1. The van der Waals surface area contributed by atoms with Gasteiger partial charge in [0, 0.05) is 48.8 Å². The molecular formula is C47H31N3OS. The molecule has 0 N–H and O–H groups in total. The zero-order valence-corrected chi connectivity index (χ0v) is 29.2. The van der Waals surface area contributed by atoms with Crippen LogP contribution in [0.25, 0.3) is 65.5 Å². The van der Waals surface area contributed by atoms with Gasteiger partial charge in [-0.2, -0.15) is 0 Å². The zero-order chi connectivity index (χ0) is 34.4. The van der Waals surface area contributed by atoms with E-state index in [2.05, 4.69) is 146 Å². The van der Waals surface area contributed by atoms with Crippen molar-refractivity contribution in [3.63, 3.8) is 0 Å². The van der Waals surface area contributed by atoms with Gasteiger partial charge in [0.15, 0.2) is 17.5 Å². The van der Waals surface area contributed by atoms with Crippen LogP contribution in [-0.4, -0.2) is 20.6 Å². The number of ether oxygens (including phenoxy) is 1. The number of benzene rings is 6. The van der Waals surface area contributed by atoms with Gasteiger partial charge in [0.1, 0.15) is 11.4 Å². The Morgan fingerprint density at radius 2 is 1.17 bits per heavy atom. The van der Waals surface area contributed by atoms with Gasteiger partial charge in [-0.05, 0) is 65.1 Å². The minimum Gasteiger partial charge on any atom is -0.482 e. The lowest BCUT2D eigenvalue weighted by Crippen LogP contribution is -2.50. The Morgan fingerprint density at radius 1 is 0.558 bits per heavy atom. The van der Waals surface area contributed by atoms with Crippen LogP contribution in [0.4, 0.5) is 0 Å². The number of hydrogen-bond acceptors (Lipinski definition) is 5. The van der Waals surface area contributed by atoms with Crippen LogP contribution in [0.1, 0.15) is 30.0 Å². The molecule has 1 aliphatic heterocycles. The first kappa shape index (κ1) is 29.5. The highest BCUT2D eigenvalue weighted by atomic mass is 32.1. The molecule has 1 atom stereocenters. The minimum atomic E-state index is -0.541. The SMILES string of the molecule is CC12CC=CC=C1C1(c3cc(-c4nc(-c5ccccc5)nc(-c5ccc6c(c5)sc5ccccc56)n4)ccc3O2)c2ccccc2-c2ccccc21. The second kappa shape index (κ2) is 10.9. The van der Waals surface area contributed by atoms with Gasteiger partial charge in [0.25, 0.3) is 0 Å². The van der Waals surface area contributed by atoms with Crippen LogP contribution >= 0.6 is 11.3 Å². The number of rotatable bonds is 3. The smallest absolute Gasteiger partial charge is 0.164 e. The summed E-state index contributed by atoms with van der Waals surface area (Å²) >= 11 is 1.80. The van der Waals surface area contributed by atoms with Crippen molar-refractivity contribution >= 4 is 31.5 Å². The fourth-order valence-corrected chi connectivity index (χ4v) is 9.98. The van der Waals surface area contributed by atoms with Gasteiger partial charge in [-0.3, -0.25) is 0 Å². The van der Waals surface area contributed by atoms with Crippen molar-refractivity contribution in [1.29, 1.82) is 0 Å². The summed E-state index contributed by atoms with van der Waals surface area (Å²) in [5.41, 5.74) is 9.24. The predicted molar refractivity (Wildman–Crippen MR) is 212 cm³/mol. The molecule has 3 heterocycles. The number of hydrogen-bond donors (Lipinski definition) is 0. The van der Waals surface area contributed by atoms with E-state index < -0.39 is 11.0 Å². The lowest BCUT2D eigenvalue weighted by molar-refractivity contribution is 0.102. The Kier molecular flexibility index (Phi) is 6.20. The summed E-state index contributed by atoms with van der Waals surface area (Å²) in [5, 5.41) is 2.52. The van der Waals surface area contributed by atoms with E-state index in [9.17, 15) is 0 Å². The molecule has 0 bridgehead atoms. The second-order valence-electron chi connectivity index (χ2n) is 14.1. The molecule has 11 rings (SSSR count). The third-order valence-corrected chi connectivity index (χ3v) is 12.2. The fraction of sp³-hybridized carbons (Fsp3) is 0.0851. The summed E-state index contributed by atoms with van der Waals surface area (Å²) in [6.45, 7) is 2.24. The van der Waals surface area contributed by atoms with E-state index in [1.807, 2.05) is 18.2 Å². The predicted octanol–water partition coefficient (Wildman–Crippen LogP) is 11.6. The number of allylic oxidation sites excluding steroid dienone is 2. The fourth-order valence-electron chi connectivity index (χ4n) is 8.83. The molecule has 2 aromatic heterocycles. The lowest BCUT2D eigenvalue weighted by Gasteiger charge is -2.50. The van der Waals surface area contributed by atoms with Crippen LogP contribution in [0, 0.1) is 0 Å². The molecule has 0 amide bonds. The Bertz CT molecular complexity index is 2790. The molecule has 3 aliphatic rings. The molecule has 2 aliphatic carbocycles. The number of nitrogens with zero attached hydrogens (tertiary/aromatic N) is 3. The maximum atomic E-state index is 7.01. The van der Waals surface area contributed by atoms with Gasteiger partial charge >= 0.3 is 0 Å². The Balaban J connectivity index is 1.16. The van der Waals surface area contributed by atoms with Crippen molar-refractivity contribution in [2.75, 3.05) is 0 Å². The number of fused-ring (bicyclic) bond motifs is 12. The Hall–Kier alpha value is -6.17. The standard InChI is InChI=1S/C47H31N3OS/c1-46-26-12-11-21-42(46)47(36-18-8-5-15-32(36)33-16-6-9-19-37(33)47)38-27-30(23-25-39(38)51-46)44-48-43(29-13-3-2-4-14-29)49-45(50-44)31-22-24-35-34-17-7-10-20-40(34)52-41(35)28-31/h2-25,27-28H,26H2,1H3. The molecule has 4 nitrogen and oxygen atoms in total. The average molecular weight is 686 g/mol. The largest absolute Gasteiger partial charge is 0.482 e. The molecule has 5 heteroatoms. The van der Waals surface area contributed by atoms with Crippen LogP contribution in [-0.2, 0) is 5.41 Å². The monoisotopic (exact) mass is 685 g/mol. The summed E-state index contributed by atoms with van der Waals surface area (Å²) < 4.78 is 9.50. The summed E-state index contributed by atoms with van der Waals surface area (Å²) in [6.07, 6.45) is 7.50. The molecule has 0 fully saturated rings. The van der Waals surface area contributed by atoms with Gasteiger partial charge in [-0.15, -0.1) is 11.3 Å². The van der Waals surface area contributed by atoms with E-state index in [1.54, 1.807) is 11.3 Å². The normalized spacial score (nSPS) is 17.7. The van der Waals surface area contributed by atoms with Gasteiger partial charge < -0.3 is 4.74 Å². The van der Waals surface area contributed by atoms with E-state index in [0.717, 1.165) is 34.4 Å². The first-order chi connectivity index (χ1) is 25.6. The van der Waals surface area contributed by atoms with Crippen LogP contribution in [0.15, 0.2) is 163 Å². The highest BCUT2D eigenvalue weighted by molar-refractivity contribution is 7.25. The van der Waals surface area contributed by atoms with E-state index in [1.165, 1.54) is 48.0 Å². The van der Waals surface area contributed by atoms with E-state index in [4.69, 9.17) is 19.7 Å². The third kappa shape index (κ3) is 4.11. The lowest BCUT2D eigenvalue weighted by atomic mass is 9.59. The van der Waals surface area contributed by atoms with Gasteiger partial charge in [-0.1, -0.05) is 127 Å². The van der Waals surface area contributed by atoms with E-state index in [0.29, 0.717) is 17.5 Å². The van der Waals surface area contributed by atoms with Crippen molar-refractivity contribution in [3.05, 3.63) is 180 Å². The van der Waals surface area contributed by atoms with Crippen LogP contribution in [0.5, 0.6) is 5.75 Å². The van der Waals surface area contributed by atoms with Gasteiger partial charge in [-0.25, -0.2) is 15.0 Å². The molecule has 246 valence electrons.